The molecule has 0 aliphatic carbocycles. The average Bonchev–Trinajstić information content (AvgIpc) is 2.17. The van der Waals surface area contributed by atoms with E-state index >= 15 is 0 Å². The predicted molar refractivity (Wildman–Crippen MR) is 60.4 cm³/mol. The summed E-state index contributed by atoms with van der Waals surface area (Å²) in [6.07, 6.45) is 4.09. The summed E-state index contributed by atoms with van der Waals surface area (Å²) in [7, 11) is 0. The fraction of sp³-hybridized carbons (Fsp3) is 0.273. The zero-order valence-corrected chi connectivity index (χ0v) is 9.25. The summed E-state index contributed by atoms with van der Waals surface area (Å²) in [6, 6.07) is 8.06. The zero-order chi connectivity index (χ0) is 9.52. The summed E-state index contributed by atoms with van der Waals surface area (Å²) in [5, 5.41) is 0.865. The molecule has 0 saturated carbocycles. The number of alkyl halides is 1. The molecule has 0 aliphatic rings. The quantitative estimate of drug-likeness (QED) is 0.733. The molecule has 0 atom stereocenters. The first-order valence-electron chi connectivity index (χ1n) is 4.28. The Bertz CT molecular complexity index is 264. The molecule has 13 heavy (non-hydrogen) atoms. The number of hydrogen-bond acceptors (Lipinski definition) is 1. The molecule has 0 heterocycles. The lowest BCUT2D eigenvalue weighted by molar-refractivity contribution is 0.345. The normalized spacial score (nSPS) is 10.6. The maximum absolute atomic E-state index is 5.42. The molecule has 0 saturated heterocycles. The van der Waals surface area contributed by atoms with Crippen LogP contribution >= 0.6 is 15.9 Å². The molecule has 1 nitrogen and oxygen atoms in total. The molecule has 0 radical (unpaired) electrons. The molecular weight excluding hydrogens is 228 g/mol. The molecule has 1 rings (SSSR count). The van der Waals surface area contributed by atoms with Crippen LogP contribution in [0.3, 0.4) is 0 Å². The summed E-state index contributed by atoms with van der Waals surface area (Å²) in [4.78, 5) is 0. The van der Waals surface area contributed by atoms with Crippen molar-refractivity contribution in [1.82, 2.24) is 0 Å². The Morgan fingerprint density at radius 1 is 1.31 bits per heavy atom. The number of allylic oxidation sites excluding steroid dienone is 1. The number of benzene rings is 1. The maximum atomic E-state index is 5.42. The van der Waals surface area contributed by atoms with E-state index < -0.39 is 0 Å². The van der Waals surface area contributed by atoms with Gasteiger partial charge in [-0.2, -0.15) is 0 Å². The van der Waals surface area contributed by atoms with Gasteiger partial charge in [0.15, 0.2) is 0 Å². The van der Waals surface area contributed by atoms with Gasteiger partial charge in [0, 0.05) is 5.33 Å². The topological polar surface area (TPSA) is 9.23 Å². The highest BCUT2D eigenvalue weighted by atomic mass is 79.9. The van der Waals surface area contributed by atoms with E-state index in [1.807, 2.05) is 37.3 Å². The van der Waals surface area contributed by atoms with Crippen LogP contribution in [0.2, 0.25) is 0 Å². The summed E-state index contributed by atoms with van der Waals surface area (Å²) >= 11 is 3.31. The first-order chi connectivity index (χ1) is 6.36. The van der Waals surface area contributed by atoms with Gasteiger partial charge in [0.05, 0.1) is 6.61 Å². The van der Waals surface area contributed by atoms with E-state index in [0.29, 0.717) is 6.61 Å². The van der Waals surface area contributed by atoms with Gasteiger partial charge in [-0.3, -0.25) is 0 Å². The van der Waals surface area contributed by atoms with E-state index in [9.17, 15) is 0 Å². The standard InChI is InChI=1S/C11H13BrO/c1-2-3-10-4-6-11(7-5-10)13-9-8-12/h2-7H,8-9H2,1H3/b3-2-. The van der Waals surface area contributed by atoms with Gasteiger partial charge in [-0.15, -0.1) is 0 Å². The van der Waals surface area contributed by atoms with Crippen LogP contribution in [-0.4, -0.2) is 11.9 Å². The van der Waals surface area contributed by atoms with Crippen LogP contribution in [0.15, 0.2) is 30.3 Å². The Labute approximate surface area is 87.5 Å². The van der Waals surface area contributed by atoms with Crippen molar-refractivity contribution in [3.63, 3.8) is 0 Å². The van der Waals surface area contributed by atoms with Gasteiger partial charge in [0.2, 0.25) is 0 Å². The van der Waals surface area contributed by atoms with Gasteiger partial charge in [0.1, 0.15) is 5.75 Å². The minimum absolute atomic E-state index is 0.711. The zero-order valence-electron chi connectivity index (χ0n) is 7.66. The van der Waals surface area contributed by atoms with E-state index in [-0.39, 0.29) is 0 Å². The molecule has 0 amide bonds. The number of rotatable bonds is 4. The Hall–Kier alpha value is -0.760. The van der Waals surface area contributed by atoms with Crippen molar-refractivity contribution >= 4 is 22.0 Å². The molecule has 1 aromatic rings. The van der Waals surface area contributed by atoms with Crippen molar-refractivity contribution in [2.75, 3.05) is 11.9 Å². The smallest absolute Gasteiger partial charge is 0.119 e. The van der Waals surface area contributed by atoms with Gasteiger partial charge in [-0.1, -0.05) is 40.2 Å². The van der Waals surface area contributed by atoms with Crippen molar-refractivity contribution in [3.8, 4) is 5.75 Å². The Balaban J connectivity index is 2.58. The molecule has 0 unspecified atom stereocenters. The molecule has 0 aliphatic heterocycles. The Kier molecular flexibility index (Phi) is 4.61. The van der Waals surface area contributed by atoms with E-state index in [1.165, 1.54) is 5.56 Å². The van der Waals surface area contributed by atoms with Crippen LogP contribution in [0, 0.1) is 0 Å². The number of hydrogen-bond donors (Lipinski definition) is 0. The molecule has 0 fully saturated rings. The largest absolute Gasteiger partial charge is 0.493 e. The fourth-order valence-corrected chi connectivity index (χ4v) is 1.19. The molecule has 0 bridgehead atoms. The van der Waals surface area contributed by atoms with E-state index in [1.54, 1.807) is 0 Å². The molecule has 0 spiro atoms. The third-order valence-electron chi connectivity index (χ3n) is 1.59. The first-order valence-corrected chi connectivity index (χ1v) is 5.40. The van der Waals surface area contributed by atoms with Gasteiger partial charge >= 0.3 is 0 Å². The van der Waals surface area contributed by atoms with Crippen LogP contribution in [0.1, 0.15) is 12.5 Å². The molecule has 0 aromatic heterocycles. The monoisotopic (exact) mass is 240 g/mol. The van der Waals surface area contributed by atoms with Gasteiger partial charge in [-0.25, -0.2) is 0 Å². The van der Waals surface area contributed by atoms with Crippen molar-refractivity contribution in [2.45, 2.75) is 6.92 Å². The first kappa shape index (κ1) is 10.3. The minimum atomic E-state index is 0.711. The van der Waals surface area contributed by atoms with E-state index in [2.05, 4.69) is 22.0 Å². The number of halogens is 1. The van der Waals surface area contributed by atoms with Crippen LogP contribution < -0.4 is 4.74 Å². The molecule has 2 heteroatoms. The highest BCUT2D eigenvalue weighted by Gasteiger charge is 1.91. The van der Waals surface area contributed by atoms with Gasteiger partial charge in [0.25, 0.3) is 0 Å². The average molecular weight is 241 g/mol. The summed E-state index contributed by atoms with van der Waals surface area (Å²) < 4.78 is 5.42. The minimum Gasteiger partial charge on any atom is -0.493 e. The number of ether oxygens (including phenoxy) is 1. The molecule has 70 valence electrons. The van der Waals surface area contributed by atoms with Crippen LogP contribution in [0.4, 0.5) is 0 Å². The highest BCUT2D eigenvalue weighted by Crippen LogP contribution is 2.13. The fourth-order valence-electron chi connectivity index (χ4n) is 1.02. The highest BCUT2D eigenvalue weighted by molar-refractivity contribution is 9.09. The van der Waals surface area contributed by atoms with Crippen LogP contribution in [-0.2, 0) is 0 Å². The van der Waals surface area contributed by atoms with Crippen molar-refractivity contribution in [1.29, 1.82) is 0 Å². The lowest BCUT2D eigenvalue weighted by atomic mass is 10.2. The summed E-state index contributed by atoms with van der Waals surface area (Å²) in [5.74, 6) is 0.924. The SMILES string of the molecule is C/C=C\c1ccc(OCCBr)cc1. The second-order valence-corrected chi connectivity index (χ2v) is 3.40. The molecule has 0 N–H and O–H groups in total. The lowest BCUT2D eigenvalue weighted by Gasteiger charge is -2.03. The lowest BCUT2D eigenvalue weighted by Crippen LogP contribution is -1.97. The van der Waals surface area contributed by atoms with Gasteiger partial charge in [-0.05, 0) is 24.6 Å². The van der Waals surface area contributed by atoms with E-state index in [4.69, 9.17) is 4.74 Å². The van der Waals surface area contributed by atoms with Crippen LogP contribution in [0.25, 0.3) is 6.08 Å². The predicted octanol–water partition coefficient (Wildman–Crippen LogP) is 3.49. The summed E-state index contributed by atoms with van der Waals surface area (Å²) in [5.41, 5.74) is 1.20. The van der Waals surface area contributed by atoms with Crippen molar-refractivity contribution in [3.05, 3.63) is 35.9 Å². The summed E-state index contributed by atoms with van der Waals surface area (Å²) in [6.45, 7) is 2.72. The van der Waals surface area contributed by atoms with E-state index in [0.717, 1.165) is 11.1 Å². The van der Waals surface area contributed by atoms with Gasteiger partial charge < -0.3 is 4.74 Å². The van der Waals surface area contributed by atoms with Crippen LogP contribution in [0.5, 0.6) is 5.75 Å². The third-order valence-corrected chi connectivity index (χ3v) is 1.91. The molecule has 1 aromatic carbocycles. The Morgan fingerprint density at radius 2 is 2.00 bits per heavy atom. The van der Waals surface area contributed by atoms with Crippen molar-refractivity contribution in [2.24, 2.45) is 0 Å². The second kappa shape index (κ2) is 5.81. The Morgan fingerprint density at radius 3 is 2.54 bits per heavy atom. The maximum Gasteiger partial charge on any atom is 0.119 e. The second-order valence-electron chi connectivity index (χ2n) is 2.61. The van der Waals surface area contributed by atoms with Crippen molar-refractivity contribution < 1.29 is 4.74 Å². The molecular formula is C11H13BrO. The third kappa shape index (κ3) is 3.64.